The van der Waals surface area contributed by atoms with Gasteiger partial charge in [0.15, 0.2) is 0 Å². The van der Waals surface area contributed by atoms with Gasteiger partial charge in [-0.15, -0.1) is 0 Å². The molecule has 2 fully saturated rings. The number of amides is 1. The molecule has 2 unspecified atom stereocenters. The van der Waals surface area contributed by atoms with Gasteiger partial charge in [-0.25, -0.2) is 21.9 Å². The largest absolute Gasteiger partial charge is 0.760 e. The summed E-state index contributed by atoms with van der Waals surface area (Å²) in [6.45, 7) is 9.92. The highest BCUT2D eigenvalue weighted by atomic mass is 32.2. The third-order valence-electron chi connectivity index (χ3n) is 7.30. The number of sulfonamides is 1. The molecule has 0 aliphatic carbocycles. The van der Waals surface area contributed by atoms with Crippen molar-refractivity contribution in [3.8, 4) is 0 Å². The van der Waals surface area contributed by atoms with Crippen LogP contribution < -0.4 is 19.7 Å². The number of piperazine rings is 2. The van der Waals surface area contributed by atoms with Gasteiger partial charge in [0.2, 0.25) is 10.0 Å². The molecule has 2 aromatic rings. The number of benzene rings is 2. The van der Waals surface area contributed by atoms with E-state index in [1.165, 1.54) is 40.6 Å². The van der Waals surface area contributed by atoms with Crippen molar-refractivity contribution in [1.82, 2.24) is 15.1 Å². The summed E-state index contributed by atoms with van der Waals surface area (Å²) in [5.41, 5.74) is -1.29. The van der Waals surface area contributed by atoms with Crippen LogP contribution in [0.25, 0.3) is 0 Å². The molecule has 0 spiro atoms. The first-order valence-corrected chi connectivity index (χ1v) is 17.7. The van der Waals surface area contributed by atoms with Gasteiger partial charge in [-0.3, -0.25) is 9.35 Å². The Morgan fingerprint density at radius 3 is 2.13 bits per heavy atom. The van der Waals surface area contributed by atoms with Crippen molar-refractivity contribution in [2.75, 3.05) is 74.4 Å². The Balaban J connectivity index is 0.000000537. The topological polar surface area (TPSA) is 152 Å². The van der Waals surface area contributed by atoms with E-state index in [2.05, 4.69) is 29.3 Å². The first-order chi connectivity index (χ1) is 22.0. The molecule has 0 bridgehead atoms. The maximum absolute atomic E-state index is 14.1. The molecule has 47 heavy (non-hydrogen) atoms. The highest BCUT2D eigenvalue weighted by Gasteiger charge is 2.37. The standard InChI is InChI=1S/C23H27F4N3O4S.C6H14N2.H3NO2S/c1-3-15-35(32,33)30(18-7-5-17(24)6-8-18)19-9-10-21(20(16-19)23(25,26)27)28-11-13-29(14-12-28)22(31)34-4-2;1-6-5-7-3-4-8(6)2;1-4(2)3/h5-10,16H,3-4,11-15H2,1-2H3;6-7H,3-5H2,1-2H3;1H2,(H,2,3)/p-1. The van der Waals surface area contributed by atoms with Crippen LogP contribution in [0.3, 0.4) is 0 Å². The van der Waals surface area contributed by atoms with E-state index in [1.807, 2.05) is 0 Å². The zero-order valence-corrected chi connectivity index (χ0v) is 28.5. The number of likely N-dealkylation sites (N-methyl/N-ethyl adjacent to an activating group) is 1. The van der Waals surface area contributed by atoms with Crippen LogP contribution >= 0.6 is 0 Å². The number of anilines is 3. The molecule has 18 heteroatoms. The van der Waals surface area contributed by atoms with E-state index < -0.39 is 44.9 Å². The lowest BCUT2D eigenvalue weighted by Crippen LogP contribution is -2.49. The van der Waals surface area contributed by atoms with Crippen LogP contribution in [0.4, 0.5) is 39.4 Å². The molecular weight excluding hydrogens is 668 g/mol. The second-order valence-corrected chi connectivity index (χ2v) is 13.2. The Morgan fingerprint density at radius 2 is 1.66 bits per heavy atom. The zero-order chi connectivity index (χ0) is 35.4. The summed E-state index contributed by atoms with van der Waals surface area (Å²) in [7, 11) is -1.87. The lowest BCUT2D eigenvalue weighted by Gasteiger charge is -2.37. The molecule has 266 valence electrons. The van der Waals surface area contributed by atoms with Crippen molar-refractivity contribution in [1.29, 1.82) is 0 Å². The summed E-state index contributed by atoms with van der Waals surface area (Å²) in [6.07, 6.45) is -5.05. The normalized spacial score (nSPS) is 17.9. The van der Waals surface area contributed by atoms with Gasteiger partial charge in [0.25, 0.3) is 0 Å². The second-order valence-electron chi connectivity index (χ2n) is 10.7. The zero-order valence-electron chi connectivity index (χ0n) is 26.8. The van der Waals surface area contributed by atoms with Gasteiger partial charge in [-0.2, -0.15) is 13.2 Å². The van der Waals surface area contributed by atoms with Crippen molar-refractivity contribution in [3.63, 3.8) is 0 Å². The van der Waals surface area contributed by atoms with E-state index >= 15 is 0 Å². The van der Waals surface area contributed by atoms with E-state index in [-0.39, 0.29) is 62.0 Å². The minimum Gasteiger partial charge on any atom is -0.760 e. The molecule has 0 radical (unpaired) electrons. The Morgan fingerprint density at radius 1 is 1.09 bits per heavy atom. The van der Waals surface area contributed by atoms with Crippen LogP contribution in [-0.2, 0) is 32.2 Å². The molecule has 2 aromatic carbocycles. The average molecular weight is 712 g/mol. The summed E-state index contributed by atoms with van der Waals surface area (Å²) >= 11 is -2.36. The summed E-state index contributed by atoms with van der Waals surface area (Å²) in [4.78, 5) is 17.2. The van der Waals surface area contributed by atoms with Gasteiger partial charge >= 0.3 is 12.3 Å². The maximum Gasteiger partial charge on any atom is 0.418 e. The van der Waals surface area contributed by atoms with E-state index in [1.54, 1.807) is 13.8 Å². The number of hydrogen-bond donors (Lipinski definition) is 2. The highest BCUT2D eigenvalue weighted by Crippen LogP contribution is 2.41. The SMILES string of the molecule is CC1CNCCN1C.CCCS(=O)(=O)N(c1ccc(F)cc1)c1ccc(N2CCN(C(=O)OCC)CC2)c(C(F)(F)F)c1.NS(=O)[O-]. The molecule has 2 aliphatic heterocycles. The Hall–Kier alpha value is -3.03. The quantitative estimate of drug-likeness (QED) is 0.324. The molecule has 2 heterocycles. The molecule has 0 aromatic heterocycles. The van der Waals surface area contributed by atoms with Crippen LogP contribution in [0, 0.1) is 5.82 Å². The Kier molecular flexibility index (Phi) is 15.8. The molecule has 2 saturated heterocycles. The number of nitrogens with zero attached hydrogens (tertiary/aromatic N) is 4. The van der Waals surface area contributed by atoms with Crippen molar-refractivity contribution in [2.45, 2.75) is 39.4 Å². The van der Waals surface area contributed by atoms with Crippen molar-refractivity contribution < 1.29 is 44.3 Å². The molecule has 3 N–H and O–H groups in total. The van der Waals surface area contributed by atoms with E-state index in [0.29, 0.717) is 0 Å². The number of halogens is 4. The Bertz CT molecular complexity index is 1400. The van der Waals surface area contributed by atoms with Gasteiger partial charge in [0.1, 0.15) is 5.82 Å². The second kappa shape index (κ2) is 18.5. The molecule has 4 rings (SSSR count). The number of carbonyl (C=O) groups is 1. The monoisotopic (exact) mass is 711 g/mol. The number of nitrogens with two attached hydrogens (primary N) is 1. The van der Waals surface area contributed by atoms with Gasteiger partial charge in [0.05, 0.1) is 29.3 Å². The van der Waals surface area contributed by atoms with Gasteiger partial charge in [0, 0.05) is 68.8 Å². The summed E-state index contributed by atoms with van der Waals surface area (Å²) in [6, 6.07) is 8.57. The summed E-state index contributed by atoms with van der Waals surface area (Å²) in [5.74, 6) is -0.904. The first-order valence-electron chi connectivity index (χ1n) is 14.9. The number of ether oxygens (including phenoxy) is 1. The van der Waals surface area contributed by atoms with Crippen LogP contribution in [0.5, 0.6) is 0 Å². The van der Waals surface area contributed by atoms with Gasteiger partial charge in [-0.05, 0) is 69.8 Å². The van der Waals surface area contributed by atoms with Gasteiger partial charge < -0.3 is 29.3 Å². The fourth-order valence-electron chi connectivity index (χ4n) is 4.84. The van der Waals surface area contributed by atoms with Gasteiger partial charge in [-0.1, -0.05) is 6.92 Å². The number of carbonyl (C=O) groups excluding carboxylic acids is 1. The third-order valence-corrected chi connectivity index (χ3v) is 9.20. The Labute approximate surface area is 276 Å². The highest BCUT2D eigenvalue weighted by molar-refractivity contribution is 7.93. The lowest BCUT2D eigenvalue weighted by atomic mass is 10.1. The maximum atomic E-state index is 14.1. The van der Waals surface area contributed by atoms with E-state index in [0.717, 1.165) is 41.6 Å². The number of nitrogens with one attached hydrogen (secondary N) is 1. The number of rotatable bonds is 7. The predicted molar refractivity (Wildman–Crippen MR) is 173 cm³/mol. The first kappa shape index (κ1) is 40.1. The fraction of sp³-hybridized carbons (Fsp3) is 0.552. The van der Waals surface area contributed by atoms with Crippen molar-refractivity contribution >= 4 is 44.4 Å². The number of hydrogen-bond acceptors (Lipinski definition) is 9. The van der Waals surface area contributed by atoms with Crippen LogP contribution in [0.2, 0.25) is 0 Å². The van der Waals surface area contributed by atoms with E-state index in [9.17, 15) is 30.8 Å². The minimum absolute atomic E-state index is 0.0313. The summed E-state index contributed by atoms with van der Waals surface area (Å²) < 4.78 is 105. The summed E-state index contributed by atoms with van der Waals surface area (Å²) in [5, 5.41) is 7.35. The molecule has 0 saturated carbocycles. The smallest absolute Gasteiger partial charge is 0.418 e. The van der Waals surface area contributed by atoms with Crippen LogP contribution in [-0.4, -0.2) is 104 Å². The van der Waals surface area contributed by atoms with Crippen molar-refractivity contribution in [3.05, 3.63) is 53.8 Å². The molecule has 2 atom stereocenters. The average Bonchev–Trinajstić information content (AvgIpc) is 2.99. The molecule has 2 aliphatic rings. The molecular formula is C29H43F4N6O6S2-. The minimum atomic E-state index is -4.77. The van der Waals surface area contributed by atoms with Crippen molar-refractivity contribution in [2.24, 2.45) is 5.14 Å². The van der Waals surface area contributed by atoms with E-state index in [4.69, 9.17) is 13.5 Å². The predicted octanol–water partition coefficient (Wildman–Crippen LogP) is 3.65. The molecule has 12 nitrogen and oxygen atoms in total. The van der Waals surface area contributed by atoms with Crippen LogP contribution in [0.1, 0.15) is 32.8 Å². The lowest BCUT2D eigenvalue weighted by molar-refractivity contribution is -0.137. The fourth-order valence-corrected chi connectivity index (χ4v) is 6.41. The molecule has 1 amide bonds. The van der Waals surface area contributed by atoms with Crippen LogP contribution in [0.15, 0.2) is 42.5 Å². The third kappa shape index (κ3) is 12.5. The number of alkyl halides is 3.